The van der Waals surface area contributed by atoms with Crippen molar-refractivity contribution in [1.82, 2.24) is 0 Å². The largest absolute Gasteiger partial charge is 0.399 e. The number of nitrogens with zero attached hydrogens (tertiary/aromatic N) is 2. The van der Waals surface area contributed by atoms with Gasteiger partial charge in [0, 0.05) is 32.2 Å². The van der Waals surface area contributed by atoms with Gasteiger partial charge in [-0.25, -0.2) is 0 Å². The molecule has 0 aromatic heterocycles. The van der Waals surface area contributed by atoms with E-state index in [0.717, 1.165) is 42.1 Å². The number of carbonyl (C=O) groups excluding carboxylic acids is 1. The Morgan fingerprint density at radius 1 is 1.00 bits per heavy atom. The van der Waals surface area contributed by atoms with Crippen molar-refractivity contribution in [3.63, 3.8) is 0 Å². The monoisotopic (exact) mass is 381 g/mol. The minimum Gasteiger partial charge on any atom is -0.399 e. The van der Waals surface area contributed by atoms with Gasteiger partial charge in [-0.15, -0.1) is 24.8 Å². The number of carbonyl (C=O) groups is 1. The average molecular weight is 382 g/mol. The van der Waals surface area contributed by atoms with E-state index in [4.69, 9.17) is 5.73 Å². The van der Waals surface area contributed by atoms with Gasteiger partial charge in [-0.3, -0.25) is 4.79 Å². The summed E-state index contributed by atoms with van der Waals surface area (Å²) in [6, 6.07) is 15.9. The third-order valence-electron chi connectivity index (χ3n) is 4.42. The molecule has 1 amide bonds. The molecule has 2 aromatic rings. The van der Waals surface area contributed by atoms with Crippen LogP contribution in [0.4, 0.5) is 17.1 Å². The molecule has 2 N–H and O–H groups in total. The van der Waals surface area contributed by atoms with Crippen molar-refractivity contribution in [2.45, 2.75) is 19.3 Å². The molecular weight excluding hydrogens is 357 g/mol. The highest BCUT2D eigenvalue weighted by Gasteiger charge is 2.22. The van der Waals surface area contributed by atoms with Gasteiger partial charge in [0.1, 0.15) is 0 Å². The highest BCUT2D eigenvalue weighted by atomic mass is 35.5. The molecule has 1 aliphatic heterocycles. The zero-order valence-electron chi connectivity index (χ0n) is 14.4. The Morgan fingerprint density at radius 3 is 2.36 bits per heavy atom. The van der Waals surface area contributed by atoms with E-state index in [1.54, 1.807) is 0 Å². The van der Waals surface area contributed by atoms with E-state index in [1.165, 1.54) is 0 Å². The standard InChI is InChI=1S/C19H23N3O.2ClH/c1-21-13-6-14-22(18-10-5-4-9-17(18)21)19(23)12-11-15-7-2-3-8-16(15)20;;/h2-5,7-10H,6,11-14,20H2,1H3;2*1H. The molecule has 1 aliphatic rings. The lowest BCUT2D eigenvalue weighted by molar-refractivity contribution is -0.118. The second-order valence-corrected chi connectivity index (χ2v) is 6.01. The first kappa shape index (κ1) is 21.1. The summed E-state index contributed by atoms with van der Waals surface area (Å²) in [6.07, 6.45) is 2.14. The summed E-state index contributed by atoms with van der Waals surface area (Å²) in [5.74, 6) is 0.163. The van der Waals surface area contributed by atoms with Gasteiger partial charge in [0.2, 0.25) is 5.91 Å². The number of aryl methyl sites for hydroxylation is 1. The number of hydrogen-bond acceptors (Lipinski definition) is 3. The zero-order chi connectivity index (χ0) is 16.2. The second kappa shape index (κ2) is 9.54. The van der Waals surface area contributed by atoms with E-state index in [9.17, 15) is 4.79 Å². The normalized spacial score (nSPS) is 13.2. The molecule has 6 heteroatoms. The highest BCUT2D eigenvalue weighted by molar-refractivity contribution is 5.97. The number of para-hydroxylation sites is 3. The Hall–Kier alpha value is -1.91. The number of rotatable bonds is 3. The average Bonchev–Trinajstić information content (AvgIpc) is 2.73. The highest BCUT2D eigenvalue weighted by Crippen LogP contribution is 2.31. The molecule has 3 rings (SSSR count). The fourth-order valence-corrected chi connectivity index (χ4v) is 3.12. The van der Waals surface area contributed by atoms with Crippen molar-refractivity contribution in [3.8, 4) is 0 Å². The summed E-state index contributed by atoms with van der Waals surface area (Å²) in [5, 5.41) is 0. The Labute approximate surface area is 161 Å². The first-order chi connectivity index (χ1) is 11.2. The molecule has 0 saturated heterocycles. The molecule has 1 heterocycles. The molecule has 0 aliphatic carbocycles. The first-order valence-electron chi connectivity index (χ1n) is 8.11. The van der Waals surface area contributed by atoms with Gasteiger partial charge in [0.15, 0.2) is 0 Å². The summed E-state index contributed by atoms with van der Waals surface area (Å²) in [4.78, 5) is 16.9. The van der Waals surface area contributed by atoms with E-state index < -0.39 is 0 Å². The Kier molecular flexibility index (Phi) is 8.07. The Morgan fingerprint density at radius 2 is 1.64 bits per heavy atom. The zero-order valence-corrected chi connectivity index (χ0v) is 16.0. The van der Waals surface area contributed by atoms with Gasteiger partial charge in [0.25, 0.3) is 0 Å². The molecule has 136 valence electrons. The quantitative estimate of drug-likeness (QED) is 0.819. The minimum absolute atomic E-state index is 0. The van der Waals surface area contributed by atoms with Gasteiger partial charge >= 0.3 is 0 Å². The molecule has 0 fully saturated rings. The van der Waals surface area contributed by atoms with Crippen molar-refractivity contribution in [2.24, 2.45) is 0 Å². The van der Waals surface area contributed by atoms with E-state index in [1.807, 2.05) is 47.4 Å². The molecule has 0 saturated carbocycles. The number of hydrogen-bond donors (Lipinski definition) is 1. The lowest BCUT2D eigenvalue weighted by Gasteiger charge is -2.24. The lowest BCUT2D eigenvalue weighted by Crippen LogP contribution is -2.31. The summed E-state index contributed by atoms with van der Waals surface area (Å²) < 4.78 is 0. The fourth-order valence-electron chi connectivity index (χ4n) is 3.12. The van der Waals surface area contributed by atoms with Gasteiger partial charge in [-0.2, -0.15) is 0 Å². The van der Waals surface area contributed by atoms with Crippen molar-refractivity contribution in [2.75, 3.05) is 35.7 Å². The predicted octanol–water partition coefficient (Wildman–Crippen LogP) is 3.92. The molecule has 0 unspecified atom stereocenters. The van der Waals surface area contributed by atoms with E-state index in [0.29, 0.717) is 12.8 Å². The van der Waals surface area contributed by atoms with Crippen LogP contribution in [0.5, 0.6) is 0 Å². The van der Waals surface area contributed by atoms with Gasteiger partial charge in [-0.1, -0.05) is 30.3 Å². The lowest BCUT2D eigenvalue weighted by atomic mass is 10.1. The molecule has 4 nitrogen and oxygen atoms in total. The first-order valence-corrected chi connectivity index (χ1v) is 8.11. The topological polar surface area (TPSA) is 49.6 Å². The third kappa shape index (κ3) is 4.80. The number of anilines is 3. The smallest absolute Gasteiger partial charge is 0.227 e. The number of nitrogens with two attached hydrogens (primary N) is 1. The van der Waals surface area contributed by atoms with Crippen LogP contribution in [0.2, 0.25) is 0 Å². The molecule has 0 bridgehead atoms. The van der Waals surface area contributed by atoms with E-state index in [2.05, 4.69) is 18.0 Å². The number of halogens is 2. The SMILES string of the molecule is CN1CCCN(C(=O)CCc2ccccc2N)c2ccccc21.Cl.Cl. The molecule has 0 radical (unpaired) electrons. The van der Waals surface area contributed by atoms with Crippen molar-refractivity contribution in [3.05, 3.63) is 54.1 Å². The summed E-state index contributed by atoms with van der Waals surface area (Å²) in [6.45, 7) is 1.73. The van der Waals surface area contributed by atoms with Crippen LogP contribution in [0.3, 0.4) is 0 Å². The van der Waals surface area contributed by atoms with Crippen LogP contribution in [-0.2, 0) is 11.2 Å². The van der Waals surface area contributed by atoms with Gasteiger partial charge < -0.3 is 15.5 Å². The van der Waals surface area contributed by atoms with E-state index in [-0.39, 0.29) is 30.7 Å². The third-order valence-corrected chi connectivity index (χ3v) is 4.42. The van der Waals surface area contributed by atoms with Crippen molar-refractivity contribution < 1.29 is 4.79 Å². The predicted molar refractivity (Wildman–Crippen MR) is 110 cm³/mol. The van der Waals surface area contributed by atoms with Crippen LogP contribution in [-0.4, -0.2) is 26.0 Å². The molecule has 25 heavy (non-hydrogen) atoms. The maximum Gasteiger partial charge on any atom is 0.227 e. The van der Waals surface area contributed by atoms with Crippen LogP contribution < -0.4 is 15.5 Å². The number of amides is 1. The number of fused-ring (bicyclic) bond motifs is 1. The maximum absolute atomic E-state index is 12.8. The maximum atomic E-state index is 12.8. The second-order valence-electron chi connectivity index (χ2n) is 6.01. The summed E-state index contributed by atoms with van der Waals surface area (Å²) in [7, 11) is 2.08. The Bertz CT molecular complexity index is 709. The van der Waals surface area contributed by atoms with Gasteiger partial charge in [0.05, 0.1) is 11.4 Å². The molecular formula is C19H25Cl2N3O. The van der Waals surface area contributed by atoms with Gasteiger partial charge in [-0.05, 0) is 36.6 Å². The van der Waals surface area contributed by atoms with E-state index >= 15 is 0 Å². The minimum atomic E-state index is 0. The van der Waals surface area contributed by atoms with Crippen LogP contribution >= 0.6 is 24.8 Å². The number of benzene rings is 2. The Balaban J connectivity index is 0.00000156. The molecule has 0 spiro atoms. The van der Waals surface area contributed by atoms with Crippen LogP contribution in [0.1, 0.15) is 18.4 Å². The molecule has 2 aromatic carbocycles. The van der Waals surface area contributed by atoms with Crippen LogP contribution in [0, 0.1) is 0 Å². The van der Waals surface area contributed by atoms with Crippen molar-refractivity contribution in [1.29, 1.82) is 0 Å². The van der Waals surface area contributed by atoms with Crippen LogP contribution in [0.25, 0.3) is 0 Å². The molecule has 0 atom stereocenters. The summed E-state index contributed by atoms with van der Waals surface area (Å²) >= 11 is 0. The summed E-state index contributed by atoms with van der Waals surface area (Å²) in [5.41, 5.74) is 9.91. The van der Waals surface area contributed by atoms with Crippen molar-refractivity contribution >= 4 is 47.8 Å². The number of nitrogen functional groups attached to an aromatic ring is 1. The fraction of sp³-hybridized carbons (Fsp3) is 0.316. The van der Waals surface area contributed by atoms with Crippen LogP contribution in [0.15, 0.2) is 48.5 Å².